The Balaban J connectivity index is 3.36. The molecule has 0 unspecified atom stereocenters. The molecule has 0 aliphatic carbocycles. The summed E-state index contributed by atoms with van der Waals surface area (Å²) in [6, 6.07) is 0. The van der Waals surface area contributed by atoms with E-state index >= 15 is 0 Å². The SMILES string of the molecule is O=C([O-])/C=C/CCC(=O)[O-]. The molecule has 4 heteroatoms. The summed E-state index contributed by atoms with van der Waals surface area (Å²) in [7, 11) is 0. The molecule has 0 rings (SSSR count). The maximum Gasteiger partial charge on any atom is 0.0639 e. The second-order valence-corrected chi connectivity index (χ2v) is 1.63. The van der Waals surface area contributed by atoms with Gasteiger partial charge in [-0.3, -0.25) is 0 Å². The van der Waals surface area contributed by atoms with Gasteiger partial charge < -0.3 is 19.8 Å². The van der Waals surface area contributed by atoms with Gasteiger partial charge in [-0.25, -0.2) is 0 Å². The maximum atomic E-state index is 9.74. The van der Waals surface area contributed by atoms with Crippen molar-refractivity contribution in [3.05, 3.63) is 12.2 Å². The van der Waals surface area contributed by atoms with Gasteiger partial charge >= 0.3 is 0 Å². The van der Waals surface area contributed by atoms with Crippen molar-refractivity contribution >= 4 is 11.9 Å². The maximum absolute atomic E-state index is 9.74. The highest BCUT2D eigenvalue weighted by molar-refractivity contribution is 5.77. The molecule has 0 amide bonds. The molecule has 0 aromatic rings. The largest absolute Gasteiger partial charge is 0.550 e. The summed E-state index contributed by atoms with van der Waals surface area (Å²) in [6.45, 7) is 0. The first-order valence-electron chi connectivity index (χ1n) is 2.70. The van der Waals surface area contributed by atoms with Gasteiger partial charge in [0.05, 0.1) is 5.97 Å². The molecule has 0 aliphatic heterocycles. The zero-order valence-electron chi connectivity index (χ0n) is 5.20. The molecule has 0 saturated carbocycles. The summed E-state index contributed by atoms with van der Waals surface area (Å²) in [5.74, 6) is -2.51. The minimum atomic E-state index is -1.32. The van der Waals surface area contributed by atoms with Crippen LogP contribution in [0.3, 0.4) is 0 Å². The fourth-order valence-electron chi connectivity index (χ4n) is 0.381. The summed E-state index contributed by atoms with van der Waals surface area (Å²) in [4.78, 5) is 19.4. The zero-order valence-corrected chi connectivity index (χ0v) is 5.20. The van der Waals surface area contributed by atoms with E-state index in [2.05, 4.69) is 0 Å². The van der Waals surface area contributed by atoms with Crippen molar-refractivity contribution in [2.24, 2.45) is 0 Å². The summed E-state index contributed by atoms with van der Waals surface area (Å²) in [5, 5.41) is 19.4. The van der Waals surface area contributed by atoms with Gasteiger partial charge in [0.15, 0.2) is 0 Å². The van der Waals surface area contributed by atoms with Gasteiger partial charge in [-0.15, -0.1) is 0 Å². The number of allylic oxidation sites excluding steroid dienone is 1. The number of carboxylic acid groups (broad SMARTS) is 2. The number of aliphatic carboxylic acids is 2. The average molecular weight is 142 g/mol. The van der Waals surface area contributed by atoms with Crippen molar-refractivity contribution in [2.75, 3.05) is 0 Å². The van der Waals surface area contributed by atoms with E-state index < -0.39 is 11.9 Å². The summed E-state index contributed by atoms with van der Waals surface area (Å²) in [6.07, 6.45) is 2.01. The number of hydrogen-bond acceptors (Lipinski definition) is 4. The molecular weight excluding hydrogens is 136 g/mol. The second kappa shape index (κ2) is 4.55. The highest BCUT2D eigenvalue weighted by Gasteiger charge is 1.81. The van der Waals surface area contributed by atoms with E-state index in [4.69, 9.17) is 0 Å². The minimum absolute atomic E-state index is 0.163. The lowest BCUT2D eigenvalue weighted by Crippen LogP contribution is -2.21. The van der Waals surface area contributed by atoms with Crippen molar-refractivity contribution in [3.63, 3.8) is 0 Å². The molecule has 0 aliphatic rings. The molecule has 0 spiro atoms. The first kappa shape index (κ1) is 8.68. The van der Waals surface area contributed by atoms with Crippen molar-refractivity contribution in [1.82, 2.24) is 0 Å². The van der Waals surface area contributed by atoms with Gasteiger partial charge in [-0.05, 0) is 18.9 Å². The Labute approximate surface area is 57.8 Å². The van der Waals surface area contributed by atoms with Crippen LogP contribution >= 0.6 is 0 Å². The normalized spacial score (nSPS) is 10.0. The third-order valence-electron chi connectivity index (χ3n) is 0.769. The van der Waals surface area contributed by atoms with E-state index in [0.29, 0.717) is 0 Å². The van der Waals surface area contributed by atoms with Crippen LogP contribution in [0.5, 0.6) is 0 Å². The Kier molecular flexibility index (Phi) is 3.95. The number of rotatable bonds is 4. The number of carbonyl (C=O) groups is 2. The lowest BCUT2D eigenvalue weighted by Gasteiger charge is -1.95. The van der Waals surface area contributed by atoms with Crippen molar-refractivity contribution in [1.29, 1.82) is 0 Å². The van der Waals surface area contributed by atoms with Crippen LogP contribution in [-0.2, 0) is 9.59 Å². The highest BCUT2D eigenvalue weighted by Crippen LogP contribution is 1.87. The Morgan fingerprint density at radius 1 is 1.30 bits per heavy atom. The Morgan fingerprint density at radius 3 is 2.30 bits per heavy atom. The highest BCUT2D eigenvalue weighted by atomic mass is 16.4. The Morgan fingerprint density at radius 2 is 1.90 bits per heavy atom. The van der Waals surface area contributed by atoms with Crippen LogP contribution < -0.4 is 10.2 Å². The molecule has 0 aromatic carbocycles. The predicted molar refractivity (Wildman–Crippen MR) is 28.4 cm³/mol. The van der Waals surface area contributed by atoms with Crippen LogP contribution in [0.4, 0.5) is 0 Å². The number of hydrogen-bond donors (Lipinski definition) is 0. The van der Waals surface area contributed by atoms with E-state index in [1.807, 2.05) is 0 Å². The van der Waals surface area contributed by atoms with Crippen LogP contribution in [0.2, 0.25) is 0 Å². The van der Waals surface area contributed by atoms with E-state index in [9.17, 15) is 19.8 Å². The molecule has 0 bridgehead atoms. The van der Waals surface area contributed by atoms with E-state index in [-0.39, 0.29) is 12.8 Å². The lowest BCUT2D eigenvalue weighted by atomic mass is 10.3. The Hall–Kier alpha value is -1.32. The van der Waals surface area contributed by atoms with Crippen molar-refractivity contribution in [2.45, 2.75) is 12.8 Å². The van der Waals surface area contributed by atoms with E-state index in [1.165, 1.54) is 6.08 Å². The average Bonchev–Trinajstić information content (AvgIpc) is 1.79. The molecule has 4 nitrogen and oxygen atoms in total. The van der Waals surface area contributed by atoms with Gasteiger partial charge in [0.25, 0.3) is 0 Å². The van der Waals surface area contributed by atoms with Gasteiger partial charge in [-0.2, -0.15) is 0 Å². The van der Waals surface area contributed by atoms with Crippen molar-refractivity contribution < 1.29 is 19.8 Å². The number of carboxylic acids is 2. The summed E-state index contributed by atoms with van der Waals surface area (Å²) < 4.78 is 0. The predicted octanol–water partition coefficient (Wildman–Crippen LogP) is -2.18. The van der Waals surface area contributed by atoms with E-state index in [1.54, 1.807) is 0 Å². The van der Waals surface area contributed by atoms with Crippen LogP contribution in [0.15, 0.2) is 12.2 Å². The van der Waals surface area contributed by atoms with Crippen LogP contribution in [0, 0.1) is 0 Å². The summed E-state index contributed by atoms with van der Waals surface area (Å²) >= 11 is 0. The van der Waals surface area contributed by atoms with Crippen molar-refractivity contribution in [3.8, 4) is 0 Å². The number of carbonyl (C=O) groups excluding carboxylic acids is 2. The summed E-state index contributed by atoms with van der Waals surface area (Å²) in [5.41, 5.74) is 0. The fourth-order valence-corrected chi connectivity index (χ4v) is 0.381. The first-order valence-corrected chi connectivity index (χ1v) is 2.70. The standard InChI is InChI=1S/C6H8O4/c7-5(8)3-1-2-4-6(9)10/h1,3H,2,4H2,(H,7,8)(H,9,10)/p-2/b3-1+. The first-order chi connectivity index (χ1) is 4.63. The molecule has 10 heavy (non-hydrogen) atoms. The smallest absolute Gasteiger partial charge is 0.0639 e. The molecule has 0 radical (unpaired) electrons. The lowest BCUT2D eigenvalue weighted by molar-refractivity contribution is -0.305. The van der Waals surface area contributed by atoms with Gasteiger partial charge in [0.2, 0.25) is 0 Å². The third-order valence-corrected chi connectivity index (χ3v) is 0.769. The quantitative estimate of drug-likeness (QED) is 0.418. The molecule has 0 aromatic heterocycles. The molecule has 0 heterocycles. The monoisotopic (exact) mass is 142 g/mol. The Bertz CT molecular complexity index is 159. The zero-order chi connectivity index (χ0) is 7.98. The molecule has 0 saturated heterocycles. The van der Waals surface area contributed by atoms with Crippen LogP contribution in [0.1, 0.15) is 12.8 Å². The minimum Gasteiger partial charge on any atom is -0.550 e. The molecule has 0 N–H and O–H groups in total. The third kappa shape index (κ3) is 6.68. The fraction of sp³-hybridized carbons (Fsp3) is 0.333. The second-order valence-electron chi connectivity index (χ2n) is 1.63. The van der Waals surface area contributed by atoms with Gasteiger partial charge in [0, 0.05) is 5.97 Å². The van der Waals surface area contributed by atoms with Gasteiger partial charge in [0.1, 0.15) is 0 Å². The van der Waals surface area contributed by atoms with Gasteiger partial charge in [-0.1, -0.05) is 6.08 Å². The molecule has 0 fully saturated rings. The molecular formula is C6H6O4-2. The van der Waals surface area contributed by atoms with Crippen LogP contribution in [0.25, 0.3) is 0 Å². The van der Waals surface area contributed by atoms with Crippen LogP contribution in [-0.4, -0.2) is 11.9 Å². The topological polar surface area (TPSA) is 80.3 Å². The molecule has 0 atom stereocenters. The van der Waals surface area contributed by atoms with E-state index in [0.717, 1.165) is 6.08 Å². The molecule has 56 valence electrons.